The minimum absolute atomic E-state index is 0.0653. The van der Waals surface area contributed by atoms with Gasteiger partial charge in [0.25, 0.3) is 5.69 Å². The zero-order valence-electron chi connectivity index (χ0n) is 16.6. The van der Waals surface area contributed by atoms with E-state index in [1.165, 1.54) is 16.4 Å². The van der Waals surface area contributed by atoms with Crippen molar-refractivity contribution < 1.29 is 13.3 Å². The van der Waals surface area contributed by atoms with E-state index in [1.54, 1.807) is 6.92 Å². The van der Waals surface area contributed by atoms with Crippen LogP contribution in [0.5, 0.6) is 0 Å². The van der Waals surface area contributed by atoms with Crippen LogP contribution in [0.25, 0.3) is 0 Å². The Hall–Kier alpha value is -2.79. The van der Waals surface area contributed by atoms with E-state index >= 15 is 0 Å². The highest BCUT2D eigenvalue weighted by atomic mass is 32.2. The predicted octanol–water partition coefficient (Wildman–Crippen LogP) is 1.94. The summed E-state index contributed by atoms with van der Waals surface area (Å²) in [5.41, 5.74) is 1.05. The SMILES string of the molecule is CCNc1cc(C)nc(N2CCN(S(=O)(=O)c3ccc(C)c([N+](=O)[O-])c3)CC2)n1. The van der Waals surface area contributed by atoms with Crippen LogP contribution in [0.2, 0.25) is 0 Å². The minimum Gasteiger partial charge on any atom is -0.370 e. The average Bonchev–Trinajstić information content (AvgIpc) is 2.68. The number of aromatic nitrogens is 2. The van der Waals surface area contributed by atoms with E-state index in [0.29, 0.717) is 24.6 Å². The van der Waals surface area contributed by atoms with Crippen LogP contribution in [-0.4, -0.2) is 60.3 Å². The molecule has 0 atom stereocenters. The molecule has 1 fully saturated rings. The van der Waals surface area contributed by atoms with Gasteiger partial charge in [0.2, 0.25) is 16.0 Å². The van der Waals surface area contributed by atoms with Crippen molar-refractivity contribution in [1.29, 1.82) is 0 Å². The lowest BCUT2D eigenvalue weighted by molar-refractivity contribution is -0.385. The summed E-state index contributed by atoms with van der Waals surface area (Å²) in [6.07, 6.45) is 0. The smallest absolute Gasteiger partial charge is 0.273 e. The van der Waals surface area contributed by atoms with Crippen molar-refractivity contribution in [2.24, 2.45) is 0 Å². The fourth-order valence-electron chi connectivity index (χ4n) is 3.19. The first kappa shape index (κ1) is 20.9. The maximum Gasteiger partial charge on any atom is 0.273 e. The molecule has 2 heterocycles. The number of benzene rings is 1. The summed E-state index contributed by atoms with van der Waals surface area (Å²) in [6, 6.07) is 5.86. The van der Waals surface area contributed by atoms with Crippen molar-refractivity contribution in [3.05, 3.63) is 45.6 Å². The molecule has 0 aliphatic carbocycles. The molecule has 29 heavy (non-hydrogen) atoms. The van der Waals surface area contributed by atoms with Gasteiger partial charge in [-0.2, -0.15) is 9.29 Å². The van der Waals surface area contributed by atoms with Gasteiger partial charge in [-0.05, 0) is 26.8 Å². The van der Waals surface area contributed by atoms with Crippen molar-refractivity contribution in [2.75, 3.05) is 42.9 Å². The number of nitro groups is 1. The Morgan fingerprint density at radius 3 is 2.45 bits per heavy atom. The molecule has 11 heteroatoms. The number of nitrogens with one attached hydrogen (secondary N) is 1. The van der Waals surface area contributed by atoms with E-state index in [9.17, 15) is 18.5 Å². The zero-order chi connectivity index (χ0) is 21.2. The number of sulfonamides is 1. The lowest BCUT2D eigenvalue weighted by Crippen LogP contribution is -2.49. The molecule has 1 aliphatic heterocycles. The van der Waals surface area contributed by atoms with E-state index in [1.807, 2.05) is 24.8 Å². The van der Waals surface area contributed by atoms with Crippen LogP contribution in [-0.2, 0) is 10.0 Å². The second kappa shape index (κ2) is 8.29. The monoisotopic (exact) mass is 420 g/mol. The first-order valence-corrected chi connectivity index (χ1v) is 10.8. The first-order chi connectivity index (χ1) is 13.7. The summed E-state index contributed by atoms with van der Waals surface area (Å²) in [4.78, 5) is 21.4. The number of piperazine rings is 1. The number of hydrogen-bond donors (Lipinski definition) is 1. The maximum absolute atomic E-state index is 13.0. The molecule has 1 aliphatic rings. The molecule has 156 valence electrons. The molecular formula is C18H24N6O4S. The van der Waals surface area contributed by atoms with Gasteiger partial charge < -0.3 is 10.2 Å². The topological polar surface area (TPSA) is 122 Å². The lowest BCUT2D eigenvalue weighted by Gasteiger charge is -2.34. The van der Waals surface area contributed by atoms with Crippen LogP contribution >= 0.6 is 0 Å². The normalized spacial score (nSPS) is 15.3. The molecule has 0 unspecified atom stereocenters. The van der Waals surface area contributed by atoms with Gasteiger partial charge in [0.05, 0.1) is 9.82 Å². The maximum atomic E-state index is 13.0. The number of aryl methyl sites for hydroxylation is 2. The van der Waals surface area contributed by atoms with Gasteiger partial charge in [-0.1, -0.05) is 6.07 Å². The van der Waals surface area contributed by atoms with E-state index in [-0.39, 0.29) is 23.7 Å². The Kier molecular flexibility index (Phi) is 5.99. The van der Waals surface area contributed by atoms with Gasteiger partial charge >= 0.3 is 0 Å². The summed E-state index contributed by atoms with van der Waals surface area (Å²) in [7, 11) is -3.82. The van der Waals surface area contributed by atoms with Gasteiger partial charge in [0, 0.05) is 56.1 Å². The van der Waals surface area contributed by atoms with Crippen LogP contribution < -0.4 is 10.2 Å². The molecule has 0 radical (unpaired) electrons. The standard InChI is InChI=1S/C18H24N6O4S/c1-4-19-17-11-14(3)20-18(21-17)22-7-9-23(10-8-22)29(27,28)15-6-5-13(2)16(12-15)24(25)26/h5-6,11-12H,4,7-10H2,1-3H3,(H,19,20,21). The number of hydrogen-bond acceptors (Lipinski definition) is 8. The van der Waals surface area contributed by atoms with E-state index in [2.05, 4.69) is 15.3 Å². The molecule has 0 amide bonds. The van der Waals surface area contributed by atoms with Crippen molar-refractivity contribution in [3.63, 3.8) is 0 Å². The molecule has 1 N–H and O–H groups in total. The lowest BCUT2D eigenvalue weighted by atomic mass is 10.2. The van der Waals surface area contributed by atoms with Gasteiger partial charge in [0.1, 0.15) is 5.82 Å². The minimum atomic E-state index is -3.82. The van der Waals surface area contributed by atoms with Crippen LogP contribution in [0.1, 0.15) is 18.2 Å². The highest BCUT2D eigenvalue weighted by molar-refractivity contribution is 7.89. The van der Waals surface area contributed by atoms with Crippen molar-refractivity contribution >= 4 is 27.5 Å². The molecule has 0 spiro atoms. The van der Waals surface area contributed by atoms with E-state index in [0.717, 1.165) is 24.1 Å². The largest absolute Gasteiger partial charge is 0.370 e. The Morgan fingerprint density at radius 2 is 1.83 bits per heavy atom. The number of rotatable bonds is 6. The van der Waals surface area contributed by atoms with Crippen molar-refractivity contribution in [1.82, 2.24) is 14.3 Å². The second-order valence-electron chi connectivity index (χ2n) is 6.82. The molecule has 0 saturated carbocycles. The fourth-order valence-corrected chi connectivity index (χ4v) is 4.63. The van der Waals surface area contributed by atoms with Gasteiger partial charge in [0.15, 0.2) is 0 Å². The Balaban J connectivity index is 1.77. The molecular weight excluding hydrogens is 396 g/mol. The highest BCUT2D eigenvalue weighted by Gasteiger charge is 2.30. The van der Waals surface area contributed by atoms with Crippen LogP contribution in [0.3, 0.4) is 0 Å². The molecule has 0 bridgehead atoms. The summed E-state index contributed by atoms with van der Waals surface area (Å²) < 4.78 is 27.3. The molecule has 1 aromatic carbocycles. The fraction of sp³-hybridized carbons (Fsp3) is 0.444. The molecule has 1 aromatic heterocycles. The highest BCUT2D eigenvalue weighted by Crippen LogP contribution is 2.26. The third-order valence-corrected chi connectivity index (χ3v) is 6.63. The van der Waals surface area contributed by atoms with Crippen molar-refractivity contribution in [2.45, 2.75) is 25.7 Å². The zero-order valence-corrected chi connectivity index (χ0v) is 17.4. The van der Waals surface area contributed by atoms with E-state index < -0.39 is 14.9 Å². The van der Waals surface area contributed by atoms with Crippen molar-refractivity contribution in [3.8, 4) is 0 Å². The summed E-state index contributed by atoms with van der Waals surface area (Å²) in [5.74, 6) is 1.29. The van der Waals surface area contributed by atoms with Gasteiger partial charge in [-0.3, -0.25) is 10.1 Å². The summed E-state index contributed by atoms with van der Waals surface area (Å²) in [5, 5.41) is 14.3. The Bertz CT molecular complexity index is 1020. The molecule has 1 saturated heterocycles. The molecule has 2 aromatic rings. The third kappa shape index (κ3) is 4.46. The molecule has 10 nitrogen and oxygen atoms in total. The summed E-state index contributed by atoms with van der Waals surface area (Å²) in [6.45, 7) is 7.55. The van der Waals surface area contributed by atoms with E-state index in [4.69, 9.17) is 0 Å². The average molecular weight is 420 g/mol. The van der Waals surface area contributed by atoms with Gasteiger partial charge in [-0.15, -0.1) is 0 Å². The second-order valence-corrected chi connectivity index (χ2v) is 8.76. The Morgan fingerprint density at radius 1 is 1.14 bits per heavy atom. The third-order valence-electron chi connectivity index (χ3n) is 4.74. The predicted molar refractivity (Wildman–Crippen MR) is 110 cm³/mol. The quantitative estimate of drug-likeness (QED) is 0.556. The number of nitro benzene ring substituents is 1. The number of anilines is 2. The van der Waals surface area contributed by atoms with Crippen LogP contribution in [0.4, 0.5) is 17.5 Å². The number of nitrogens with zero attached hydrogens (tertiary/aromatic N) is 5. The Labute approximate surface area is 169 Å². The van der Waals surface area contributed by atoms with Crippen LogP contribution in [0, 0.1) is 24.0 Å². The first-order valence-electron chi connectivity index (χ1n) is 9.32. The van der Waals surface area contributed by atoms with Gasteiger partial charge in [-0.25, -0.2) is 13.4 Å². The molecule has 3 rings (SSSR count). The van der Waals surface area contributed by atoms with Crippen LogP contribution in [0.15, 0.2) is 29.2 Å². The summed E-state index contributed by atoms with van der Waals surface area (Å²) >= 11 is 0.